The Kier molecular flexibility index (Phi) is 3.96. The summed E-state index contributed by atoms with van der Waals surface area (Å²) in [5.74, 6) is 0.703. The monoisotopic (exact) mass is 346 g/mol. The lowest BCUT2D eigenvalue weighted by molar-refractivity contribution is 0.00578. The van der Waals surface area contributed by atoms with Gasteiger partial charge in [0.15, 0.2) is 0 Å². The molecule has 0 radical (unpaired) electrons. The van der Waals surface area contributed by atoms with Gasteiger partial charge in [-0.2, -0.15) is 0 Å². The van der Waals surface area contributed by atoms with E-state index >= 15 is 0 Å². The third kappa shape index (κ3) is 2.53. The third-order valence-electron chi connectivity index (χ3n) is 3.80. The maximum atomic E-state index is 6.28. The number of hydrogen-bond donors (Lipinski definition) is 0. The minimum Gasteiger partial charge on any atom is -0.496 e. The van der Waals surface area contributed by atoms with E-state index in [2.05, 4.69) is 15.9 Å². The summed E-state index contributed by atoms with van der Waals surface area (Å²) < 4.78 is 18.1. The van der Waals surface area contributed by atoms with Crippen molar-refractivity contribution >= 4 is 40.1 Å². The maximum absolute atomic E-state index is 6.28. The minimum atomic E-state index is -0.512. The number of ether oxygens (including phenoxy) is 1. The second-order valence-electron chi connectivity index (χ2n) is 5.57. The molecule has 3 nitrogen and oxygen atoms in total. The molecule has 0 unspecified atom stereocenters. The van der Waals surface area contributed by atoms with Crippen LogP contribution in [0.15, 0.2) is 16.6 Å². The van der Waals surface area contributed by atoms with Crippen molar-refractivity contribution in [3.05, 3.63) is 21.6 Å². The summed E-state index contributed by atoms with van der Waals surface area (Å²) in [5.41, 5.74) is -0.0350. The predicted octanol–water partition coefficient (Wildman–Crippen LogP) is 3.41. The van der Waals surface area contributed by atoms with Crippen LogP contribution in [0.2, 0.25) is 5.02 Å². The minimum absolute atomic E-state index is 0.399. The van der Waals surface area contributed by atoms with Crippen molar-refractivity contribution in [1.82, 2.24) is 0 Å². The fourth-order valence-corrected chi connectivity index (χ4v) is 2.94. The van der Waals surface area contributed by atoms with E-state index in [0.717, 1.165) is 9.94 Å². The van der Waals surface area contributed by atoms with E-state index in [1.807, 2.05) is 27.7 Å². The lowest BCUT2D eigenvalue weighted by atomic mass is 9.79. The summed E-state index contributed by atoms with van der Waals surface area (Å²) in [4.78, 5) is 0. The largest absolute Gasteiger partial charge is 0.497 e. The summed E-state index contributed by atoms with van der Waals surface area (Å²) in [6.45, 7) is 8.04. The van der Waals surface area contributed by atoms with Gasteiger partial charge in [0.2, 0.25) is 0 Å². The fourth-order valence-electron chi connectivity index (χ4n) is 1.88. The number of rotatable bonds is 2. The Hall–Kier alpha value is -0.225. The van der Waals surface area contributed by atoms with Gasteiger partial charge in [-0.25, -0.2) is 0 Å². The highest BCUT2D eigenvalue weighted by Crippen LogP contribution is 2.38. The summed E-state index contributed by atoms with van der Waals surface area (Å²) in [6.07, 6.45) is 0. The van der Waals surface area contributed by atoms with Gasteiger partial charge in [0.25, 0.3) is 0 Å². The molecule has 1 aromatic carbocycles. The molecule has 1 aliphatic rings. The molecule has 0 aliphatic carbocycles. The molecular weight excluding hydrogens is 330 g/mol. The van der Waals surface area contributed by atoms with Gasteiger partial charge in [0.05, 0.1) is 22.8 Å². The van der Waals surface area contributed by atoms with Crippen LogP contribution in [0, 0.1) is 0 Å². The van der Waals surface area contributed by atoms with Crippen LogP contribution in [0.1, 0.15) is 27.7 Å². The normalized spacial score (nSPS) is 20.7. The zero-order valence-corrected chi connectivity index (χ0v) is 14.1. The Bertz CT molecular complexity index is 489. The zero-order valence-electron chi connectivity index (χ0n) is 11.7. The third-order valence-corrected chi connectivity index (χ3v) is 4.95. The molecule has 0 saturated carbocycles. The summed E-state index contributed by atoms with van der Waals surface area (Å²) in [6, 6.07) is 3.59. The second-order valence-corrected chi connectivity index (χ2v) is 6.77. The first kappa shape index (κ1) is 15.2. The van der Waals surface area contributed by atoms with Crippen molar-refractivity contribution in [2.75, 3.05) is 7.11 Å². The summed E-state index contributed by atoms with van der Waals surface area (Å²) in [7, 11) is 1.10. The number of halogens is 2. The van der Waals surface area contributed by atoms with Crippen molar-refractivity contribution in [3.63, 3.8) is 0 Å². The van der Waals surface area contributed by atoms with Crippen LogP contribution in [0.25, 0.3) is 0 Å². The molecule has 1 aliphatic heterocycles. The second kappa shape index (κ2) is 4.95. The van der Waals surface area contributed by atoms with Crippen LogP contribution < -0.4 is 10.2 Å². The van der Waals surface area contributed by atoms with Crippen LogP contribution in [0.4, 0.5) is 0 Å². The molecule has 0 atom stereocenters. The Morgan fingerprint density at radius 2 is 1.68 bits per heavy atom. The Labute approximate surface area is 127 Å². The highest BCUT2D eigenvalue weighted by atomic mass is 79.9. The molecule has 104 valence electrons. The van der Waals surface area contributed by atoms with Gasteiger partial charge in [-0.15, -0.1) is 0 Å². The first-order valence-corrected chi connectivity index (χ1v) is 7.24. The molecule has 1 aromatic rings. The van der Waals surface area contributed by atoms with Crippen LogP contribution in [0.3, 0.4) is 0 Å². The molecule has 0 spiro atoms. The Balaban J connectivity index is 2.45. The van der Waals surface area contributed by atoms with E-state index in [-0.39, 0.29) is 0 Å². The zero-order chi connectivity index (χ0) is 14.4. The van der Waals surface area contributed by atoms with Crippen molar-refractivity contribution in [3.8, 4) is 5.75 Å². The molecular formula is C13H17BBrClO3. The van der Waals surface area contributed by atoms with Gasteiger partial charge < -0.3 is 14.0 Å². The molecule has 2 rings (SSSR count). The number of methoxy groups -OCH3 is 1. The van der Waals surface area contributed by atoms with E-state index in [1.54, 1.807) is 19.2 Å². The van der Waals surface area contributed by atoms with Gasteiger partial charge in [-0.05, 0) is 55.8 Å². The standard InChI is InChI=1S/C13H17BBrClO3/c1-12(2)13(3,4)19-14(18-12)10-8(16)6-7-9(17-5)11(10)15/h6-7H,1-5H3. The molecule has 6 heteroatoms. The molecule has 1 heterocycles. The van der Waals surface area contributed by atoms with Crippen molar-refractivity contribution in [2.24, 2.45) is 0 Å². The average Bonchev–Trinajstić information content (AvgIpc) is 2.48. The summed E-state index contributed by atoms with van der Waals surface area (Å²) >= 11 is 9.79. The van der Waals surface area contributed by atoms with Gasteiger partial charge in [0.1, 0.15) is 5.75 Å². The van der Waals surface area contributed by atoms with Crippen LogP contribution in [-0.4, -0.2) is 25.4 Å². The van der Waals surface area contributed by atoms with E-state index in [0.29, 0.717) is 10.8 Å². The van der Waals surface area contributed by atoms with Gasteiger partial charge in [-0.1, -0.05) is 11.6 Å². The van der Waals surface area contributed by atoms with Crippen molar-refractivity contribution in [1.29, 1.82) is 0 Å². The number of hydrogen-bond acceptors (Lipinski definition) is 3. The molecule has 0 bridgehead atoms. The SMILES string of the molecule is COc1ccc(Cl)c(B2OC(C)(C)C(C)(C)O2)c1Br. The Morgan fingerprint density at radius 3 is 2.16 bits per heavy atom. The molecule has 19 heavy (non-hydrogen) atoms. The quantitative estimate of drug-likeness (QED) is 0.768. The average molecular weight is 347 g/mol. The first-order chi connectivity index (χ1) is 8.69. The van der Waals surface area contributed by atoms with E-state index in [4.69, 9.17) is 25.6 Å². The lowest BCUT2D eigenvalue weighted by Crippen LogP contribution is -2.41. The first-order valence-electron chi connectivity index (χ1n) is 6.07. The van der Waals surface area contributed by atoms with Gasteiger partial charge >= 0.3 is 7.12 Å². The molecule has 0 aromatic heterocycles. The van der Waals surface area contributed by atoms with E-state index in [9.17, 15) is 0 Å². The van der Waals surface area contributed by atoms with Crippen molar-refractivity contribution < 1.29 is 14.0 Å². The molecule has 1 fully saturated rings. The smallest absolute Gasteiger partial charge is 0.496 e. The van der Waals surface area contributed by atoms with Crippen LogP contribution >= 0.6 is 27.5 Å². The van der Waals surface area contributed by atoms with Crippen LogP contribution in [-0.2, 0) is 9.31 Å². The van der Waals surface area contributed by atoms with E-state index in [1.165, 1.54) is 0 Å². The topological polar surface area (TPSA) is 27.7 Å². The highest BCUT2D eigenvalue weighted by molar-refractivity contribution is 9.10. The van der Waals surface area contributed by atoms with Crippen molar-refractivity contribution in [2.45, 2.75) is 38.9 Å². The predicted molar refractivity (Wildman–Crippen MR) is 81.4 cm³/mol. The van der Waals surface area contributed by atoms with E-state index < -0.39 is 18.3 Å². The van der Waals surface area contributed by atoms with Crippen LogP contribution in [0.5, 0.6) is 5.75 Å². The fraction of sp³-hybridized carbons (Fsp3) is 0.538. The van der Waals surface area contributed by atoms with Gasteiger partial charge in [-0.3, -0.25) is 0 Å². The molecule has 0 amide bonds. The maximum Gasteiger partial charge on any atom is 0.497 e. The molecule has 1 saturated heterocycles. The molecule has 0 N–H and O–H groups in total. The Morgan fingerprint density at radius 1 is 1.16 bits per heavy atom. The lowest BCUT2D eigenvalue weighted by Gasteiger charge is -2.32. The van der Waals surface area contributed by atoms with Gasteiger partial charge in [0, 0.05) is 10.5 Å². The number of benzene rings is 1. The summed E-state index contributed by atoms with van der Waals surface area (Å²) in [5, 5.41) is 0.589. The highest BCUT2D eigenvalue weighted by Gasteiger charge is 2.52.